The highest BCUT2D eigenvalue weighted by molar-refractivity contribution is 9.10. The van der Waals surface area contributed by atoms with Gasteiger partial charge in [-0.2, -0.15) is 0 Å². The lowest BCUT2D eigenvalue weighted by atomic mass is 9.49. The first-order chi connectivity index (χ1) is 9.63. The van der Waals surface area contributed by atoms with Crippen LogP contribution in [0.3, 0.4) is 0 Å². The van der Waals surface area contributed by atoms with Crippen LogP contribution >= 0.6 is 15.9 Å². The standard InChI is InChI=1S/C16H19BrN2O/c17-13-1-2-18-14(6-13)19-15(20)16-7-10-3-11(8-16)5-12(4-10)9-16/h1-2,6,10-12H,3-5,7-9H2,(H,18,19,20). The summed E-state index contributed by atoms with van der Waals surface area (Å²) in [6.07, 6.45) is 9.10. The number of aromatic nitrogens is 1. The van der Waals surface area contributed by atoms with Gasteiger partial charge in [0.1, 0.15) is 5.82 Å². The van der Waals surface area contributed by atoms with Crippen LogP contribution in [0.15, 0.2) is 22.8 Å². The summed E-state index contributed by atoms with van der Waals surface area (Å²) in [5.74, 6) is 3.26. The average molecular weight is 335 g/mol. The Morgan fingerprint density at radius 2 is 1.80 bits per heavy atom. The minimum Gasteiger partial charge on any atom is -0.310 e. The molecule has 1 aromatic rings. The van der Waals surface area contributed by atoms with Crippen LogP contribution < -0.4 is 5.32 Å². The van der Waals surface area contributed by atoms with Gasteiger partial charge in [-0.3, -0.25) is 4.79 Å². The van der Waals surface area contributed by atoms with Crippen LogP contribution in [0.4, 0.5) is 5.82 Å². The second-order valence-electron chi connectivity index (χ2n) is 7.01. The molecule has 0 atom stereocenters. The van der Waals surface area contributed by atoms with E-state index in [9.17, 15) is 4.79 Å². The van der Waals surface area contributed by atoms with Crippen molar-refractivity contribution in [3.8, 4) is 0 Å². The van der Waals surface area contributed by atoms with Crippen molar-refractivity contribution in [2.45, 2.75) is 38.5 Å². The number of hydrogen-bond donors (Lipinski definition) is 1. The van der Waals surface area contributed by atoms with Crippen molar-refractivity contribution in [3.05, 3.63) is 22.8 Å². The summed E-state index contributed by atoms with van der Waals surface area (Å²) in [5.41, 5.74) is -0.0985. The Morgan fingerprint density at radius 3 is 2.35 bits per heavy atom. The van der Waals surface area contributed by atoms with Crippen molar-refractivity contribution in [3.63, 3.8) is 0 Å². The summed E-state index contributed by atoms with van der Waals surface area (Å²) in [7, 11) is 0. The molecule has 4 saturated carbocycles. The highest BCUT2D eigenvalue weighted by atomic mass is 79.9. The van der Waals surface area contributed by atoms with Gasteiger partial charge in [0.2, 0.25) is 5.91 Å². The number of halogens is 1. The Morgan fingerprint density at radius 1 is 1.20 bits per heavy atom. The van der Waals surface area contributed by atoms with E-state index in [1.807, 2.05) is 12.1 Å². The van der Waals surface area contributed by atoms with Crippen molar-refractivity contribution < 1.29 is 4.79 Å². The van der Waals surface area contributed by atoms with Crippen LogP contribution in [0.2, 0.25) is 0 Å². The first kappa shape index (κ1) is 12.8. The lowest BCUT2D eigenvalue weighted by molar-refractivity contribution is -0.140. The maximum absolute atomic E-state index is 12.8. The molecular weight excluding hydrogens is 316 g/mol. The fourth-order valence-electron chi connectivity index (χ4n) is 5.11. The van der Waals surface area contributed by atoms with E-state index in [0.717, 1.165) is 41.5 Å². The zero-order valence-electron chi connectivity index (χ0n) is 11.4. The van der Waals surface area contributed by atoms with E-state index in [1.165, 1.54) is 19.3 Å². The molecule has 0 radical (unpaired) electrons. The van der Waals surface area contributed by atoms with Crippen molar-refractivity contribution in [1.82, 2.24) is 4.98 Å². The van der Waals surface area contributed by atoms with Gasteiger partial charge in [0.05, 0.1) is 5.41 Å². The van der Waals surface area contributed by atoms with Gasteiger partial charge in [0, 0.05) is 10.7 Å². The second kappa shape index (κ2) is 4.55. The smallest absolute Gasteiger partial charge is 0.231 e. The maximum atomic E-state index is 12.8. The Bertz CT molecular complexity index is 522. The van der Waals surface area contributed by atoms with Gasteiger partial charge in [0.25, 0.3) is 0 Å². The molecule has 5 rings (SSSR count). The Labute approximate surface area is 127 Å². The Hall–Kier alpha value is -0.900. The molecule has 0 saturated heterocycles. The number of carbonyl (C=O) groups is 1. The molecule has 0 spiro atoms. The van der Waals surface area contributed by atoms with E-state index in [4.69, 9.17) is 0 Å². The molecule has 1 amide bonds. The van der Waals surface area contributed by atoms with Crippen molar-refractivity contribution in [1.29, 1.82) is 0 Å². The first-order valence-corrected chi connectivity index (χ1v) is 8.35. The maximum Gasteiger partial charge on any atom is 0.231 e. The van der Waals surface area contributed by atoms with Crippen LogP contribution in [0.25, 0.3) is 0 Å². The molecule has 1 N–H and O–H groups in total. The monoisotopic (exact) mass is 334 g/mol. The molecule has 1 heterocycles. The van der Waals surface area contributed by atoms with E-state index in [2.05, 4.69) is 26.2 Å². The summed E-state index contributed by atoms with van der Waals surface area (Å²) in [5, 5.41) is 3.06. The third-order valence-corrected chi connectivity index (χ3v) is 5.98. The molecule has 0 aromatic carbocycles. The topological polar surface area (TPSA) is 42.0 Å². The predicted molar refractivity (Wildman–Crippen MR) is 81.2 cm³/mol. The predicted octanol–water partition coefficient (Wildman–Crippen LogP) is 4.00. The molecule has 1 aromatic heterocycles. The summed E-state index contributed by atoms with van der Waals surface area (Å²) in [4.78, 5) is 17.1. The van der Waals surface area contributed by atoms with Crippen LogP contribution in [0.5, 0.6) is 0 Å². The summed E-state index contributed by atoms with van der Waals surface area (Å²) >= 11 is 3.42. The molecule has 3 nitrogen and oxygen atoms in total. The molecule has 4 aliphatic rings. The van der Waals surface area contributed by atoms with Gasteiger partial charge in [0.15, 0.2) is 0 Å². The SMILES string of the molecule is O=C(Nc1cc(Br)ccn1)C12CC3CC(CC(C3)C1)C2. The first-order valence-electron chi connectivity index (χ1n) is 7.56. The molecule has 4 aliphatic carbocycles. The largest absolute Gasteiger partial charge is 0.310 e. The molecule has 4 heteroatoms. The number of carbonyl (C=O) groups excluding carboxylic acids is 1. The number of hydrogen-bond acceptors (Lipinski definition) is 2. The Balaban J connectivity index is 1.56. The molecule has 0 unspecified atom stereocenters. The lowest BCUT2D eigenvalue weighted by Gasteiger charge is -2.55. The van der Waals surface area contributed by atoms with Gasteiger partial charge in [-0.05, 0) is 68.4 Å². The van der Waals surface area contributed by atoms with Crippen LogP contribution in [0, 0.1) is 23.2 Å². The van der Waals surface area contributed by atoms with E-state index < -0.39 is 0 Å². The molecule has 20 heavy (non-hydrogen) atoms. The van der Waals surface area contributed by atoms with E-state index in [0.29, 0.717) is 5.82 Å². The normalized spacial score (nSPS) is 38.0. The fourth-order valence-corrected chi connectivity index (χ4v) is 5.45. The summed E-state index contributed by atoms with van der Waals surface area (Å²) in [6, 6.07) is 3.75. The van der Waals surface area contributed by atoms with Gasteiger partial charge in [-0.15, -0.1) is 0 Å². The molecule has 0 aliphatic heterocycles. The van der Waals surface area contributed by atoms with Crippen LogP contribution in [-0.2, 0) is 4.79 Å². The van der Waals surface area contributed by atoms with E-state index in [-0.39, 0.29) is 11.3 Å². The second-order valence-corrected chi connectivity index (χ2v) is 7.93. The minimum absolute atomic E-state index is 0.0985. The zero-order chi connectivity index (χ0) is 13.7. The number of nitrogens with zero attached hydrogens (tertiary/aromatic N) is 1. The van der Waals surface area contributed by atoms with Crippen molar-refractivity contribution in [2.75, 3.05) is 5.32 Å². The number of nitrogens with one attached hydrogen (secondary N) is 1. The number of amides is 1. The van der Waals surface area contributed by atoms with Crippen molar-refractivity contribution in [2.24, 2.45) is 23.2 Å². The highest BCUT2D eigenvalue weighted by Crippen LogP contribution is 2.60. The molecule has 4 bridgehead atoms. The van der Waals surface area contributed by atoms with E-state index >= 15 is 0 Å². The summed E-state index contributed by atoms with van der Waals surface area (Å²) in [6.45, 7) is 0. The third-order valence-electron chi connectivity index (χ3n) is 5.48. The molecular formula is C16H19BrN2O. The van der Waals surface area contributed by atoms with Crippen molar-refractivity contribution >= 4 is 27.7 Å². The lowest BCUT2D eigenvalue weighted by Crippen LogP contribution is -2.51. The molecule has 106 valence electrons. The fraction of sp³-hybridized carbons (Fsp3) is 0.625. The highest BCUT2D eigenvalue weighted by Gasteiger charge is 2.54. The number of rotatable bonds is 2. The summed E-state index contributed by atoms with van der Waals surface area (Å²) < 4.78 is 0.952. The Kier molecular flexibility index (Phi) is 2.92. The van der Waals surface area contributed by atoms with Gasteiger partial charge in [-0.1, -0.05) is 15.9 Å². The van der Waals surface area contributed by atoms with E-state index in [1.54, 1.807) is 6.20 Å². The van der Waals surface area contributed by atoms with Gasteiger partial charge < -0.3 is 5.32 Å². The minimum atomic E-state index is -0.0985. The van der Waals surface area contributed by atoms with Gasteiger partial charge >= 0.3 is 0 Å². The molecule has 4 fully saturated rings. The third kappa shape index (κ3) is 2.09. The number of anilines is 1. The zero-order valence-corrected chi connectivity index (χ0v) is 13.0. The quantitative estimate of drug-likeness (QED) is 0.888. The van der Waals surface area contributed by atoms with Gasteiger partial charge in [-0.25, -0.2) is 4.98 Å². The average Bonchev–Trinajstić information content (AvgIpc) is 2.37. The van der Waals surface area contributed by atoms with Crippen LogP contribution in [-0.4, -0.2) is 10.9 Å². The number of pyridine rings is 1. The van der Waals surface area contributed by atoms with Crippen LogP contribution in [0.1, 0.15) is 38.5 Å².